The highest BCUT2D eigenvalue weighted by molar-refractivity contribution is 5.04. The van der Waals surface area contributed by atoms with Crippen LogP contribution in [0.25, 0.3) is 0 Å². The highest BCUT2D eigenvalue weighted by atomic mass is 16.5. The predicted molar refractivity (Wildman–Crippen MR) is 31.6 cm³/mol. The van der Waals surface area contributed by atoms with Gasteiger partial charge in [-0.05, 0) is 24.2 Å². The molecule has 2 atom stereocenters. The van der Waals surface area contributed by atoms with Gasteiger partial charge < -0.3 is 4.74 Å². The molecule has 0 radical (unpaired) electrons. The standard InChI is InChI=1S/C7H12O/c1-2-7-3-6(7)4-8-5-7/h6H,2-5H2,1H3. The van der Waals surface area contributed by atoms with E-state index in [0.29, 0.717) is 5.41 Å². The minimum atomic E-state index is 0.681. The molecule has 0 amide bonds. The molecule has 1 saturated carbocycles. The summed E-state index contributed by atoms with van der Waals surface area (Å²) in [4.78, 5) is 0. The molecular weight excluding hydrogens is 100 g/mol. The van der Waals surface area contributed by atoms with Crippen molar-refractivity contribution in [1.82, 2.24) is 0 Å². The van der Waals surface area contributed by atoms with E-state index >= 15 is 0 Å². The van der Waals surface area contributed by atoms with Gasteiger partial charge in [-0.15, -0.1) is 0 Å². The summed E-state index contributed by atoms with van der Waals surface area (Å²) < 4.78 is 5.30. The van der Waals surface area contributed by atoms with Gasteiger partial charge in [0.1, 0.15) is 0 Å². The molecule has 1 aliphatic heterocycles. The van der Waals surface area contributed by atoms with Crippen LogP contribution in [0.5, 0.6) is 0 Å². The van der Waals surface area contributed by atoms with Gasteiger partial charge in [0.15, 0.2) is 0 Å². The summed E-state index contributed by atoms with van der Waals surface area (Å²) in [6.07, 6.45) is 2.78. The van der Waals surface area contributed by atoms with Crippen LogP contribution in [0.1, 0.15) is 19.8 Å². The van der Waals surface area contributed by atoms with Crippen LogP contribution < -0.4 is 0 Å². The van der Waals surface area contributed by atoms with E-state index in [1.54, 1.807) is 0 Å². The van der Waals surface area contributed by atoms with Gasteiger partial charge in [0.2, 0.25) is 0 Å². The van der Waals surface area contributed by atoms with Crippen LogP contribution in [-0.2, 0) is 4.74 Å². The lowest BCUT2D eigenvalue weighted by atomic mass is 10.0. The average molecular weight is 112 g/mol. The number of ether oxygens (including phenoxy) is 1. The highest BCUT2D eigenvalue weighted by Crippen LogP contribution is 2.58. The van der Waals surface area contributed by atoms with Gasteiger partial charge in [-0.3, -0.25) is 0 Å². The fourth-order valence-electron chi connectivity index (χ4n) is 1.78. The second-order valence-corrected chi connectivity index (χ2v) is 3.13. The van der Waals surface area contributed by atoms with Crippen LogP contribution in [0.3, 0.4) is 0 Å². The van der Waals surface area contributed by atoms with Gasteiger partial charge in [0, 0.05) is 0 Å². The molecule has 1 saturated heterocycles. The largest absolute Gasteiger partial charge is 0.381 e. The number of hydrogen-bond donors (Lipinski definition) is 0. The summed E-state index contributed by atoms with van der Waals surface area (Å²) >= 11 is 0. The van der Waals surface area contributed by atoms with Crippen molar-refractivity contribution in [2.75, 3.05) is 13.2 Å². The van der Waals surface area contributed by atoms with Gasteiger partial charge >= 0.3 is 0 Å². The molecule has 1 heteroatoms. The van der Waals surface area contributed by atoms with Crippen LogP contribution in [0.4, 0.5) is 0 Å². The molecular formula is C7H12O. The Balaban J connectivity index is 2.08. The van der Waals surface area contributed by atoms with Gasteiger partial charge in [0.25, 0.3) is 0 Å². The molecule has 8 heavy (non-hydrogen) atoms. The van der Waals surface area contributed by atoms with Crippen molar-refractivity contribution in [2.45, 2.75) is 19.8 Å². The van der Waals surface area contributed by atoms with Gasteiger partial charge in [-0.25, -0.2) is 0 Å². The van der Waals surface area contributed by atoms with E-state index in [-0.39, 0.29) is 0 Å². The normalized spacial score (nSPS) is 51.4. The monoisotopic (exact) mass is 112 g/mol. The molecule has 2 aliphatic rings. The Morgan fingerprint density at radius 1 is 1.75 bits per heavy atom. The summed E-state index contributed by atoms with van der Waals surface area (Å²) in [5.74, 6) is 0.951. The summed E-state index contributed by atoms with van der Waals surface area (Å²) in [6, 6.07) is 0. The van der Waals surface area contributed by atoms with Crippen LogP contribution in [-0.4, -0.2) is 13.2 Å². The number of rotatable bonds is 1. The maximum atomic E-state index is 5.30. The van der Waals surface area contributed by atoms with Crippen molar-refractivity contribution in [2.24, 2.45) is 11.3 Å². The minimum Gasteiger partial charge on any atom is -0.381 e. The van der Waals surface area contributed by atoms with Gasteiger partial charge in [-0.1, -0.05) is 6.92 Å². The molecule has 0 spiro atoms. The zero-order valence-corrected chi connectivity index (χ0v) is 5.31. The third-order valence-electron chi connectivity index (χ3n) is 2.77. The maximum Gasteiger partial charge on any atom is 0.0526 e. The summed E-state index contributed by atoms with van der Waals surface area (Å²) in [7, 11) is 0. The smallest absolute Gasteiger partial charge is 0.0526 e. The molecule has 46 valence electrons. The van der Waals surface area contributed by atoms with Crippen molar-refractivity contribution in [3.8, 4) is 0 Å². The lowest BCUT2D eigenvalue weighted by Crippen LogP contribution is -2.01. The molecule has 0 aromatic heterocycles. The molecule has 1 nitrogen and oxygen atoms in total. The quantitative estimate of drug-likeness (QED) is 0.498. The molecule has 2 fully saturated rings. The SMILES string of the molecule is CCC12COCC1C2. The first kappa shape index (κ1) is 4.80. The zero-order chi connectivity index (χ0) is 5.61. The average Bonchev–Trinajstić information content (AvgIpc) is 2.38. The Morgan fingerprint density at radius 2 is 2.62 bits per heavy atom. The molecule has 1 aliphatic carbocycles. The second-order valence-electron chi connectivity index (χ2n) is 3.13. The fourth-order valence-corrected chi connectivity index (χ4v) is 1.78. The van der Waals surface area contributed by atoms with Crippen molar-refractivity contribution in [3.05, 3.63) is 0 Å². The molecule has 0 aromatic carbocycles. The Kier molecular flexibility index (Phi) is 0.762. The highest BCUT2D eigenvalue weighted by Gasteiger charge is 2.56. The Hall–Kier alpha value is -0.0400. The van der Waals surface area contributed by atoms with Crippen LogP contribution in [0.2, 0.25) is 0 Å². The lowest BCUT2D eigenvalue weighted by molar-refractivity contribution is 0.145. The predicted octanol–water partition coefficient (Wildman–Crippen LogP) is 1.43. The van der Waals surface area contributed by atoms with E-state index in [4.69, 9.17) is 4.74 Å². The lowest BCUT2D eigenvalue weighted by Gasteiger charge is -2.03. The van der Waals surface area contributed by atoms with Crippen molar-refractivity contribution < 1.29 is 4.74 Å². The van der Waals surface area contributed by atoms with E-state index in [1.165, 1.54) is 12.8 Å². The third kappa shape index (κ3) is 0.408. The van der Waals surface area contributed by atoms with Gasteiger partial charge in [0.05, 0.1) is 13.2 Å². The topological polar surface area (TPSA) is 9.23 Å². The van der Waals surface area contributed by atoms with E-state index in [2.05, 4.69) is 6.92 Å². The van der Waals surface area contributed by atoms with Gasteiger partial charge in [-0.2, -0.15) is 0 Å². The Labute approximate surface area is 50.0 Å². The van der Waals surface area contributed by atoms with E-state index in [9.17, 15) is 0 Å². The summed E-state index contributed by atoms with van der Waals surface area (Å²) in [5, 5.41) is 0. The van der Waals surface area contributed by atoms with Crippen molar-refractivity contribution in [1.29, 1.82) is 0 Å². The molecule has 1 heterocycles. The maximum absolute atomic E-state index is 5.30. The first-order valence-corrected chi connectivity index (χ1v) is 3.45. The Morgan fingerprint density at radius 3 is 2.88 bits per heavy atom. The molecule has 0 aromatic rings. The second kappa shape index (κ2) is 1.27. The molecule has 0 N–H and O–H groups in total. The van der Waals surface area contributed by atoms with E-state index in [1.807, 2.05) is 0 Å². The number of hydrogen-bond acceptors (Lipinski definition) is 1. The van der Waals surface area contributed by atoms with Crippen molar-refractivity contribution >= 4 is 0 Å². The third-order valence-corrected chi connectivity index (χ3v) is 2.77. The Bertz CT molecular complexity index is 107. The molecule has 0 bridgehead atoms. The van der Waals surface area contributed by atoms with Crippen LogP contribution >= 0.6 is 0 Å². The van der Waals surface area contributed by atoms with E-state index < -0.39 is 0 Å². The van der Waals surface area contributed by atoms with E-state index in [0.717, 1.165) is 19.1 Å². The fraction of sp³-hybridized carbons (Fsp3) is 1.00. The van der Waals surface area contributed by atoms with Crippen molar-refractivity contribution in [3.63, 3.8) is 0 Å². The summed E-state index contributed by atoms with van der Waals surface area (Å²) in [5.41, 5.74) is 0.681. The summed E-state index contributed by atoms with van der Waals surface area (Å²) in [6.45, 7) is 4.37. The number of fused-ring (bicyclic) bond motifs is 1. The van der Waals surface area contributed by atoms with Crippen LogP contribution in [0.15, 0.2) is 0 Å². The first-order chi connectivity index (χ1) is 3.87. The zero-order valence-electron chi connectivity index (χ0n) is 5.31. The minimum absolute atomic E-state index is 0.681. The van der Waals surface area contributed by atoms with Crippen LogP contribution in [0, 0.1) is 11.3 Å². The molecule has 2 unspecified atom stereocenters. The first-order valence-electron chi connectivity index (χ1n) is 3.45. The molecule has 2 rings (SSSR count).